The number of carbonyl (C=O) groups excluding carboxylic acids is 1. The Bertz CT molecular complexity index is 661. The van der Waals surface area contributed by atoms with E-state index < -0.39 is 17.8 Å². The highest BCUT2D eigenvalue weighted by atomic mass is 19.4. The highest BCUT2D eigenvalue weighted by molar-refractivity contribution is 5.96. The lowest BCUT2D eigenvalue weighted by atomic mass is 9.99. The highest BCUT2D eigenvalue weighted by Gasteiger charge is 2.30. The second kappa shape index (κ2) is 6.83. The van der Waals surface area contributed by atoms with Gasteiger partial charge >= 0.3 is 6.18 Å². The van der Waals surface area contributed by atoms with Gasteiger partial charge < -0.3 is 9.84 Å². The first-order chi connectivity index (χ1) is 10.8. The summed E-state index contributed by atoms with van der Waals surface area (Å²) in [6.07, 6.45) is -5.80. The van der Waals surface area contributed by atoms with Crippen LogP contribution in [0.4, 0.5) is 13.2 Å². The number of hydrogen-bond donors (Lipinski definition) is 1. The van der Waals surface area contributed by atoms with E-state index in [1.807, 2.05) is 0 Å². The molecule has 0 aromatic heterocycles. The second-order valence-corrected chi connectivity index (χ2v) is 4.99. The summed E-state index contributed by atoms with van der Waals surface area (Å²) in [5.41, 5.74) is -0.133. The molecule has 0 bridgehead atoms. The van der Waals surface area contributed by atoms with Gasteiger partial charge in [-0.3, -0.25) is 4.79 Å². The van der Waals surface area contributed by atoms with Crippen LogP contribution in [0, 0.1) is 0 Å². The van der Waals surface area contributed by atoms with E-state index in [2.05, 4.69) is 0 Å². The number of rotatable bonds is 5. The summed E-state index contributed by atoms with van der Waals surface area (Å²) in [7, 11) is 1.51. The van der Waals surface area contributed by atoms with Gasteiger partial charge in [0, 0.05) is 12.0 Å². The van der Waals surface area contributed by atoms with Gasteiger partial charge in [0.25, 0.3) is 0 Å². The van der Waals surface area contributed by atoms with Crippen molar-refractivity contribution in [2.45, 2.75) is 18.7 Å². The molecule has 0 saturated heterocycles. The Balaban J connectivity index is 2.05. The molecular weight excluding hydrogens is 309 g/mol. The average Bonchev–Trinajstić information content (AvgIpc) is 2.54. The van der Waals surface area contributed by atoms with Gasteiger partial charge in [-0.1, -0.05) is 12.1 Å². The molecule has 6 heteroatoms. The number of carbonyl (C=O) groups is 1. The number of aliphatic hydroxyl groups excluding tert-OH is 1. The van der Waals surface area contributed by atoms with Crippen molar-refractivity contribution in [3.05, 3.63) is 65.2 Å². The summed E-state index contributed by atoms with van der Waals surface area (Å²) in [5.74, 6) is 0.296. The second-order valence-electron chi connectivity index (χ2n) is 4.99. The molecule has 2 aromatic rings. The van der Waals surface area contributed by atoms with E-state index in [-0.39, 0.29) is 17.8 Å². The molecule has 0 aliphatic rings. The monoisotopic (exact) mass is 324 g/mol. The first kappa shape index (κ1) is 17.0. The quantitative estimate of drug-likeness (QED) is 0.845. The number of aliphatic hydroxyl groups is 1. The molecule has 122 valence electrons. The zero-order valence-corrected chi connectivity index (χ0v) is 12.3. The molecule has 0 heterocycles. The third-order valence-electron chi connectivity index (χ3n) is 3.41. The minimum absolute atomic E-state index is 0.211. The van der Waals surface area contributed by atoms with Crippen molar-refractivity contribution in [2.75, 3.05) is 7.11 Å². The lowest BCUT2D eigenvalue weighted by molar-refractivity contribution is -0.137. The molecule has 0 amide bonds. The summed E-state index contributed by atoms with van der Waals surface area (Å²) >= 11 is 0. The Morgan fingerprint density at radius 2 is 1.65 bits per heavy atom. The van der Waals surface area contributed by atoms with E-state index in [1.54, 1.807) is 24.3 Å². The van der Waals surface area contributed by atoms with Gasteiger partial charge in [0.2, 0.25) is 0 Å². The van der Waals surface area contributed by atoms with Crippen LogP contribution in [-0.2, 0) is 6.18 Å². The van der Waals surface area contributed by atoms with Crippen LogP contribution in [0.15, 0.2) is 48.5 Å². The normalized spacial score (nSPS) is 12.7. The molecule has 23 heavy (non-hydrogen) atoms. The fourth-order valence-electron chi connectivity index (χ4n) is 2.08. The number of ketones is 1. The molecule has 2 rings (SSSR count). The highest BCUT2D eigenvalue weighted by Crippen LogP contribution is 2.30. The maximum absolute atomic E-state index is 12.5. The Kier molecular flexibility index (Phi) is 5.05. The number of alkyl halides is 3. The van der Waals surface area contributed by atoms with Gasteiger partial charge in [-0.15, -0.1) is 0 Å². The Morgan fingerprint density at radius 3 is 2.13 bits per heavy atom. The van der Waals surface area contributed by atoms with Gasteiger partial charge in [0.05, 0.1) is 18.8 Å². The van der Waals surface area contributed by atoms with Crippen molar-refractivity contribution in [1.29, 1.82) is 0 Å². The van der Waals surface area contributed by atoms with Crippen LogP contribution in [-0.4, -0.2) is 18.0 Å². The third-order valence-corrected chi connectivity index (χ3v) is 3.41. The van der Waals surface area contributed by atoms with Crippen LogP contribution in [0.5, 0.6) is 5.75 Å². The Labute approximate surface area is 131 Å². The number of benzene rings is 2. The number of methoxy groups -OCH3 is 1. The summed E-state index contributed by atoms with van der Waals surface area (Å²) in [5, 5.41) is 10.0. The summed E-state index contributed by atoms with van der Waals surface area (Å²) < 4.78 is 42.4. The van der Waals surface area contributed by atoms with Crippen LogP contribution < -0.4 is 4.74 Å². The molecule has 2 aromatic carbocycles. The van der Waals surface area contributed by atoms with Gasteiger partial charge in [0.15, 0.2) is 5.78 Å². The number of hydrogen-bond acceptors (Lipinski definition) is 3. The first-order valence-electron chi connectivity index (χ1n) is 6.83. The zero-order valence-electron chi connectivity index (χ0n) is 12.3. The maximum atomic E-state index is 12.5. The van der Waals surface area contributed by atoms with Crippen molar-refractivity contribution in [3.8, 4) is 5.75 Å². The standard InChI is InChI=1S/C17H15F3O3/c1-23-14-8-4-12(5-9-14)16(22)10-15(21)11-2-6-13(7-3-11)17(18,19)20/h2-9,15,21H,10H2,1H3. The first-order valence-corrected chi connectivity index (χ1v) is 6.83. The van der Waals surface area contributed by atoms with Crippen molar-refractivity contribution in [3.63, 3.8) is 0 Å². The maximum Gasteiger partial charge on any atom is 0.416 e. The van der Waals surface area contributed by atoms with Crippen molar-refractivity contribution < 1.29 is 27.8 Å². The SMILES string of the molecule is COc1ccc(C(=O)CC(O)c2ccc(C(F)(F)F)cc2)cc1. The van der Waals surface area contributed by atoms with Crippen LogP contribution in [0.25, 0.3) is 0 Å². The molecule has 0 aliphatic carbocycles. The van der Waals surface area contributed by atoms with Crippen LogP contribution in [0.3, 0.4) is 0 Å². The summed E-state index contributed by atoms with van der Waals surface area (Å²) in [6.45, 7) is 0. The van der Waals surface area contributed by atoms with Crippen molar-refractivity contribution >= 4 is 5.78 Å². The fourth-order valence-corrected chi connectivity index (χ4v) is 2.08. The van der Waals surface area contributed by atoms with Gasteiger partial charge in [-0.05, 0) is 42.0 Å². The minimum atomic E-state index is -4.43. The molecule has 0 aliphatic heterocycles. The van der Waals surface area contributed by atoms with Gasteiger partial charge in [0.1, 0.15) is 5.75 Å². The molecule has 0 fully saturated rings. The largest absolute Gasteiger partial charge is 0.497 e. The van der Waals surface area contributed by atoms with Crippen LogP contribution in [0.2, 0.25) is 0 Å². The predicted octanol–water partition coefficient (Wildman–Crippen LogP) is 4.02. The molecule has 0 saturated carbocycles. The van der Waals surface area contributed by atoms with E-state index >= 15 is 0 Å². The Hall–Kier alpha value is -2.34. The van der Waals surface area contributed by atoms with E-state index in [4.69, 9.17) is 4.74 Å². The topological polar surface area (TPSA) is 46.5 Å². The van der Waals surface area contributed by atoms with Crippen LogP contribution in [0.1, 0.15) is 34.0 Å². The lowest BCUT2D eigenvalue weighted by Gasteiger charge is -2.12. The number of halogens is 3. The molecule has 0 spiro atoms. The summed E-state index contributed by atoms with van der Waals surface area (Å²) in [6, 6.07) is 10.5. The molecule has 0 radical (unpaired) electrons. The van der Waals surface area contributed by atoms with Crippen molar-refractivity contribution in [2.24, 2.45) is 0 Å². The lowest BCUT2D eigenvalue weighted by Crippen LogP contribution is -2.09. The Morgan fingerprint density at radius 1 is 1.09 bits per heavy atom. The number of Topliss-reactive ketones (excluding diaryl/α,β-unsaturated/α-hetero) is 1. The fraction of sp³-hybridized carbons (Fsp3) is 0.235. The zero-order chi connectivity index (χ0) is 17.0. The van der Waals surface area contributed by atoms with Crippen LogP contribution >= 0.6 is 0 Å². The third kappa shape index (κ3) is 4.32. The summed E-state index contributed by atoms with van der Waals surface area (Å²) in [4.78, 5) is 12.1. The smallest absolute Gasteiger partial charge is 0.416 e. The molecule has 1 unspecified atom stereocenters. The van der Waals surface area contributed by atoms with E-state index in [0.29, 0.717) is 11.3 Å². The predicted molar refractivity (Wildman–Crippen MR) is 78.3 cm³/mol. The number of ether oxygens (including phenoxy) is 1. The van der Waals surface area contributed by atoms with E-state index in [0.717, 1.165) is 12.1 Å². The van der Waals surface area contributed by atoms with Gasteiger partial charge in [-0.2, -0.15) is 13.2 Å². The molecule has 1 atom stereocenters. The molecule has 1 N–H and O–H groups in total. The molecule has 3 nitrogen and oxygen atoms in total. The van der Waals surface area contributed by atoms with Gasteiger partial charge in [-0.25, -0.2) is 0 Å². The minimum Gasteiger partial charge on any atom is -0.497 e. The van der Waals surface area contributed by atoms with E-state index in [1.165, 1.54) is 19.2 Å². The average molecular weight is 324 g/mol. The van der Waals surface area contributed by atoms with E-state index in [9.17, 15) is 23.1 Å². The molecular formula is C17H15F3O3. The van der Waals surface area contributed by atoms with Crippen molar-refractivity contribution in [1.82, 2.24) is 0 Å².